The molecule has 0 saturated carbocycles. The van der Waals surface area contributed by atoms with Gasteiger partial charge in [-0.05, 0) is 12.1 Å². The van der Waals surface area contributed by atoms with E-state index < -0.39 is 11.6 Å². The Bertz CT molecular complexity index is 790. The van der Waals surface area contributed by atoms with E-state index in [-0.39, 0.29) is 17.3 Å². The molecule has 3 rings (SSSR count). The molecule has 0 spiro atoms. The van der Waals surface area contributed by atoms with Crippen LogP contribution in [0.5, 0.6) is 11.6 Å². The summed E-state index contributed by atoms with van der Waals surface area (Å²) in [5.41, 5.74) is 5.72. The fourth-order valence-electron chi connectivity index (χ4n) is 1.84. The number of nitrogens with zero attached hydrogens (tertiary/aromatic N) is 1. The third-order valence-corrected chi connectivity index (χ3v) is 2.84. The van der Waals surface area contributed by atoms with Gasteiger partial charge in [-0.25, -0.2) is 13.8 Å². The smallest absolute Gasteiger partial charge is 0.219 e. The highest BCUT2D eigenvalue weighted by Gasteiger charge is 2.10. The second-order valence-electron chi connectivity index (χ2n) is 4.25. The average Bonchev–Trinajstić information content (AvgIpc) is 2.44. The highest BCUT2D eigenvalue weighted by Crippen LogP contribution is 2.27. The highest BCUT2D eigenvalue weighted by atomic mass is 19.1. The van der Waals surface area contributed by atoms with Crippen molar-refractivity contribution in [3.05, 3.63) is 60.2 Å². The van der Waals surface area contributed by atoms with Gasteiger partial charge in [0.1, 0.15) is 5.82 Å². The van der Waals surface area contributed by atoms with Crippen molar-refractivity contribution in [3.8, 4) is 11.6 Å². The summed E-state index contributed by atoms with van der Waals surface area (Å²) in [6.07, 6.45) is 0. The molecular formula is C15H10F2N2O. The Kier molecular flexibility index (Phi) is 2.95. The lowest BCUT2D eigenvalue weighted by Gasteiger charge is -2.08. The Morgan fingerprint density at radius 3 is 2.60 bits per heavy atom. The number of hydrogen-bond acceptors (Lipinski definition) is 3. The van der Waals surface area contributed by atoms with Crippen molar-refractivity contribution in [2.75, 3.05) is 5.73 Å². The number of halogens is 2. The van der Waals surface area contributed by atoms with E-state index in [1.54, 1.807) is 12.1 Å². The molecule has 0 aliphatic rings. The zero-order valence-corrected chi connectivity index (χ0v) is 10.3. The van der Waals surface area contributed by atoms with E-state index >= 15 is 0 Å². The molecule has 20 heavy (non-hydrogen) atoms. The number of aromatic nitrogens is 1. The van der Waals surface area contributed by atoms with Crippen molar-refractivity contribution in [3.63, 3.8) is 0 Å². The molecule has 100 valence electrons. The Morgan fingerprint density at radius 1 is 0.950 bits per heavy atom. The zero-order valence-electron chi connectivity index (χ0n) is 10.3. The number of pyridine rings is 1. The summed E-state index contributed by atoms with van der Waals surface area (Å²) in [5.74, 6) is -1.53. The Labute approximate surface area is 113 Å². The summed E-state index contributed by atoms with van der Waals surface area (Å²) in [6.45, 7) is 0. The van der Waals surface area contributed by atoms with Crippen molar-refractivity contribution < 1.29 is 13.5 Å². The van der Waals surface area contributed by atoms with E-state index in [1.807, 2.05) is 24.3 Å². The molecule has 3 nitrogen and oxygen atoms in total. The largest absolute Gasteiger partial charge is 0.436 e. The summed E-state index contributed by atoms with van der Waals surface area (Å²) < 4.78 is 32.2. The first kappa shape index (κ1) is 12.3. The Hall–Kier alpha value is -2.69. The van der Waals surface area contributed by atoms with Crippen LogP contribution in [0.15, 0.2) is 48.5 Å². The molecule has 2 aromatic carbocycles. The molecule has 0 radical (unpaired) electrons. The number of fused-ring (bicyclic) bond motifs is 1. The van der Waals surface area contributed by atoms with E-state index in [0.29, 0.717) is 5.52 Å². The van der Waals surface area contributed by atoms with Crippen LogP contribution in [0.2, 0.25) is 0 Å². The lowest BCUT2D eigenvalue weighted by molar-refractivity contribution is 0.424. The van der Waals surface area contributed by atoms with Crippen LogP contribution < -0.4 is 10.5 Å². The molecule has 0 aliphatic heterocycles. The van der Waals surface area contributed by atoms with Crippen LogP contribution in [0.4, 0.5) is 14.5 Å². The molecule has 2 N–H and O–H groups in total. The van der Waals surface area contributed by atoms with Crippen LogP contribution in [0.25, 0.3) is 10.9 Å². The minimum absolute atomic E-state index is 0.187. The minimum atomic E-state index is -0.737. The van der Waals surface area contributed by atoms with Gasteiger partial charge in [-0.15, -0.1) is 0 Å². The second-order valence-corrected chi connectivity index (χ2v) is 4.25. The topological polar surface area (TPSA) is 48.1 Å². The van der Waals surface area contributed by atoms with Gasteiger partial charge in [0.05, 0.1) is 11.2 Å². The predicted octanol–water partition coefficient (Wildman–Crippen LogP) is 3.89. The molecule has 0 fully saturated rings. The van der Waals surface area contributed by atoms with Crippen molar-refractivity contribution in [2.45, 2.75) is 0 Å². The third kappa shape index (κ3) is 2.25. The van der Waals surface area contributed by atoms with Gasteiger partial charge in [-0.3, -0.25) is 0 Å². The lowest BCUT2D eigenvalue weighted by atomic mass is 10.2. The normalized spacial score (nSPS) is 10.7. The maximum Gasteiger partial charge on any atom is 0.219 e. The van der Waals surface area contributed by atoms with Crippen molar-refractivity contribution in [2.24, 2.45) is 0 Å². The molecule has 0 bridgehead atoms. The summed E-state index contributed by atoms with van der Waals surface area (Å²) in [6, 6.07) is 12.6. The predicted molar refractivity (Wildman–Crippen MR) is 72.6 cm³/mol. The van der Waals surface area contributed by atoms with Crippen LogP contribution in [-0.2, 0) is 0 Å². The van der Waals surface area contributed by atoms with Gasteiger partial charge in [0, 0.05) is 23.6 Å². The van der Waals surface area contributed by atoms with E-state index in [4.69, 9.17) is 10.5 Å². The number of benzene rings is 2. The molecule has 0 atom stereocenters. The summed E-state index contributed by atoms with van der Waals surface area (Å²) in [5, 5.41) is 0.934. The number of anilines is 1. The number of rotatable bonds is 2. The first-order valence-electron chi connectivity index (χ1n) is 5.91. The fraction of sp³-hybridized carbons (Fsp3) is 0. The van der Waals surface area contributed by atoms with Crippen molar-refractivity contribution in [1.82, 2.24) is 4.98 Å². The van der Waals surface area contributed by atoms with E-state index in [1.165, 1.54) is 0 Å². The van der Waals surface area contributed by atoms with Crippen LogP contribution in [-0.4, -0.2) is 4.98 Å². The van der Waals surface area contributed by atoms with Crippen LogP contribution >= 0.6 is 0 Å². The average molecular weight is 272 g/mol. The van der Waals surface area contributed by atoms with Crippen molar-refractivity contribution in [1.29, 1.82) is 0 Å². The number of nitrogen functional groups attached to an aromatic ring is 1. The molecule has 0 amide bonds. The van der Waals surface area contributed by atoms with Gasteiger partial charge in [-0.2, -0.15) is 0 Å². The summed E-state index contributed by atoms with van der Waals surface area (Å²) >= 11 is 0. The molecule has 3 aromatic rings. The number of nitrogens with two attached hydrogens (primary N) is 1. The quantitative estimate of drug-likeness (QED) is 0.720. The van der Waals surface area contributed by atoms with Crippen LogP contribution in [0, 0.1) is 11.6 Å². The van der Waals surface area contributed by atoms with Crippen molar-refractivity contribution >= 4 is 16.6 Å². The Balaban J connectivity index is 1.99. The number of hydrogen-bond donors (Lipinski definition) is 1. The molecule has 5 heteroatoms. The fourth-order valence-corrected chi connectivity index (χ4v) is 1.84. The van der Waals surface area contributed by atoms with E-state index in [2.05, 4.69) is 4.98 Å². The van der Waals surface area contributed by atoms with E-state index in [0.717, 1.165) is 17.5 Å². The summed E-state index contributed by atoms with van der Waals surface area (Å²) in [7, 11) is 0. The minimum Gasteiger partial charge on any atom is -0.436 e. The molecular weight excluding hydrogens is 262 g/mol. The zero-order chi connectivity index (χ0) is 14.1. The molecule has 0 aliphatic carbocycles. The van der Waals surface area contributed by atoms with Crippen LogP contribution in [0.1, 0.15) is 0 Å². The lowest BCUT2D eigenvalue weighted by Crippen LogP contribution is -1.96. The van der Waals surface area contributed by atoms with Gasteiger partial charge in [0.25, 0.3) is 0 Å². The summed E-state index contributed by atoms with van der Waals surface area (Å²) in [4.78, 5) is 4.22. The maximum absolute atomic E-state index is 13.6. The van der Waals surface area contributed by atoms with Gasteiger partial charge in [-0.1, -0.05) is 18.2 Å². The maximum atomic E-state index is 13.6. The standard InChI is InChI=1S/C15H10F2N2O/c16-10-8-14(11(17)7-12(10)18)20-15-6-5-9-3-1-2-4-13(9)19-15/h1-8H,18H2. The molecule has 0 unspecified atom stereocenters. The number of para-hydroxylation sites is 1. The van der Waals surface area contributed by atoms with Gasteiger partial charge in [0.2, 0.25) is 5.88 Å². The molecule has 0 saturated heterocycles. The van der Waals surface area contributed by atoms with Crippen LogP contribution in [0.3, 0.4) is 0 Å². The first-order chi connectivity index (χ1) is 9.63. The number of ether oxygens (including phenoxy) is 1. The van der Waals surface area contributed by atoms with Gasteiger partial charge >= 0.3 is 0 Å². The highest BCUT2D eigenvalue weighted by molar-refractivity contribution is 5.78. The molecule has 1 heterocycles. The SMILES string of the molecule is Nc1cc(F)c(Oc2ccc3ccccc3n2)cc1F. The van der Waals surface area contributed by atoms with Gasteiger partial charge in [0.15, 0.2) is 11.6 Å². The third-order valence-electron chi connectivity index (χ3n) is 2.84. The van der Waals surface area contributed by atoms with Gasteiger partial charge < -0.3 is 10.5 Å². The van der Waals surface area contributed by atoms with E-state index in [9.17, 15) is 8.78 Å². The molecule has 1 aromatic heterocycles. The second kappa shape index (κ2) is 4.77. The Morgan fingerprint density at radius 2 is 1.75 bits per heavy atom. The monoisotopic (exact) mass is 272 g/mol. The first-order valence-corrected chi connectivity index (χ1v) is 5.91.